The second kappa shape index (κ2) is 12.7. The summed E-state index contributed by atoms with van der Waals surface area (Å²) in [5.74, 6) is 0.868. The molecule has 0 spiro atoms. The van der Waals surface area contributed by atoms with Gasteiger partial charge in [-0.2, -0.15) is 0 Å². The number of halogens is 1. The summed E-state index contributed by atoms with van der Waals surface area (Å²) in [6.07, 6.45) is 2.67. The molecule has 0 aliphatic carbocycles. The number of nitrogens with zero attached hydrogens (tertiary/aromatic N) is 1. The topological polar surface area (TPSA) is 89.4 Å². The van der Waals surface area contributed by atoms with E-state index in [0.717, 1.165) is 15.6 Å². The van der Waals surface area contributed by atoms with Crippen molar-refractivity contribution in [3.05, 3.63) is 76.8 Å². The largest absolute Gasteiger partial charge is 0.494 e. The lowest BCUT2D eigenvalue weighted by molar-refractivity contribution is -0.128. The number of carbonyl (C=O) groups excluding carboxylic acids is 1. The van der Waals surface area contributed by atoms with Gasteiger partial charge < -0.3 is 24.6 Å². The molecular formula is C26H31BrN2O5. The van der Waals surface area contributed by atoms with E-state index in [1.165, 1.54) is 0 Å². The van der Waals surface area contributed by atoms with Gasteiger partial charge in [0.05, 0.1) is 6.61 Å². The average molecular weight is 531 g/mol. The molecule has 182 valence electrons. The molecule has 2 atom stereocenters. The van der Waals surface area contributed by atoms with Crippen LogP contribution in [-0.4, -0.2) is 55.9 Å². The number of rotatable bonds is 13. The Labute approximate surface area is 209 Å². The zero-order valence-electron chi connectivity index (χ0n) is 19.3. The minimum atomic E-state index is -1.19. The molecule has 1 amide bonds. The van der Waals surface area contributed by atoms with E-state index in [1.54, 1.807) is 13.2 Å². The van der Waals surface area contributed by atoms with Crippen LogP contribution in [0.3, 0.4) is 0 Å². The highest BCUT2D eigenvalue weighted by Gasteiger charge is 2.52. The van der Waals surface area contributed by atoms with Crippen LogP contribution in [0.15, 0.2) is 70.7 Å². The molecule has 0 saturated heterocycles. The van der Waals surface area contributed by atoms with Gasteiger partial charge in [0.2, 0.25) is 5.90 Å². The van der Waals surface area contributed by atoms with E-state index in [0.29, 0.717) is 50.7 Å². The number of amides is 1. The van der Waals surface area contributed by atoms with Crippen LogP contribution in [0.2, 0.25) is 0 Å². The summed E-state index contributed by atoms with van der Waals surface area (Å²) in [6, 6.07) is 15.1. The number of benzene rings is 2. The molecule has 0 saturated carbocycles. The lowest BCUT2D eigenvalue weighted by atomic mass is 9.84. The highest BCUT2D eigenvalue weighted by Crippen LogP contribution is 2.43. The van der Waals surface area contributed by atoms with Crippen LogP contribution >= 0.6 is 15.9 Å². The molecule has 34 heavy (non-hydrogen) atoms. The maximum Gasteiger partial charge on any atom is 0.252 e. The smallest absolute Gasteiger partial charge is 0.252 e. The monoisotopic (exact) mass is 530 g/mol. The molecule has 2 N–H and O–H groups in total. The van der Waals surface area contributed by atoms with E-state index in [2.05, 4.69) is 27.8 Å². The number of ether oxygens (including phenoxy) is 3. The van der Waals surface area contributed by atoms with Gasteiger partial charge in [0.15, 0.2) is 11.6 Å². The normalized spacial score (nSPS) is 19.3. The predicted octanol–water partition coefficient (Wildman–Crippen LogP) is 4.20. The van der Waals surface area contributed by atoms with Crippen LogP contribution < -0.4 is 10.1 Å². The fourth-order valence-corrected chi connectivity index (χ4v) is 4.01. The molecule has 7 nitrogen and oxygen atoms in total. The summed E-state index contributed by atoms with van der Waals surface area (Å²) < 4.78 is 18.0. The Morgan fingerprint density at radius 1 is 1.21 bits per heavy atom. The minimum Gasteiger partial charge on any atom is -0.494 e. The van der Waals surface area contributed by atoms with E-state index in [9.17, 15) is 4.79 Å². The second-order valence-electron chi connectivity index (χ2n) is 7.94. The Morgan fingerprint density at radius 2 is 1.94 bits per heavy atom. The van der Waals surface area contributed by atoms with Crippen molar-refractivity contribution >= 4 is 27.7 Å². The number of carbonyl (C=O) groups is 1. The van der Waals surface area contributed by atoms with Crippen LogP contribution in [0.25, 0.3) is 0 Å². The molecule has 0 unspecified atom stereocenters. The number of nitrogens with one attached hydrogen (secondary N) is 1. The van der Waals surface area contributed by atoms with Gasteiger partial charge in [0, 0.05) is 49.7 Å². The van der Waals surface area contributed by atoms with Crippen molar-refractivity contribution in [1.82, 2.24) is 5.32 Å². The summed E-state index contributed by atoms with van der Waals surface area (Å²) >= 11 is 3.47. The lowest BCUT2D eigenvalue weighted by Crippen LogP contribution is -2.48. The van der Waals surface area contributed by atoms with Gasteiger partial charge in [-0.3, -0.25) is 4.79 Å². The number of aliphatic hydroxyl groups is 1. The van der Waals surface area contributed by atoms with E-state index >= 15 is 0 Å². The molecule has 1 heterocycles. The Kier molecular flexibility index (Phi) is 9.68. The molecule has 1 aliphatic heterocycles. The van der Waals surface area contributed by atoms with Crippen LogP contribution in [0, 0.1) is 0 Å². The summed E-state index contributed by atoms with van der Waals surface area (Å²) in [5.41, 5.74) is 0.406. The third-order valence-corrected chi connectivity index (χ3v) is 6.00. The molecular weight excluding hydrogens is 500 g/mol. The van der Waals surface area contributed by atoms with Gasteiger partial charge in [0.25, 0.3) is 5.91 Å². The molecule has 2 aromatic rings. The lowest BCUT2D eigenvalue weighted by Gasteiger charge is -2.29. The summed E-state index contributed by atoms with van der Waals surface area (Å²) in [4.78, 5) is 18.4. The van der Waals surface area contributed by atoms with E-state index < -0.39 is 11.6 Å². The van der Waals surface area contributed by atoms with Crippen molar-refractivity contribution in [2.75, 3.05) is 33.5 Å². The number of methoxy groups -OCH3 is 1. The van der Waals surface area contributed by atoms with Gasteiger partial charge in [-0.1, -0.05) is 34.1 Å². The van der Waals surface area contributed by atoms with Crippen LogP contribution in [-0.2, 0) is 14.3 Å². The Hall–Kier alpha value is -2.68. The average Bonchev–Trinajstić information content (AvgIpc) is 3.23. The van der Waals surface area contributed by atoms with Crippen molar-refractivity contribution < 1.29 is 24.1 Å². The molecule has 8 heteroatoms. The third-order valence-electron chi connectivity index (χ3n) is 5.47. The Balaban J connectivity index is 1.92. The predicted molar refractivity (Wildman–Crippen MR) is 135 cm³/mol. The van der Waals surface area contributed by atoms with Crippen LogP contribution in [0.4, 0.5) is 0 Å². The van der Waals surface area contributed by atoms with Crippen molar-refractivity contribution in [2.24, 2.45) is 4.99 Å². The van der Waals surface area contributed by atoms with E-state index in [1.807, 2.05) is 48.5 Å². The third kappa shape index (κ3) is 6.25. The van der Waals surface area contributed by atoms with Crippen LogP contribution in [0.5, 0.6) is 5.75 Å². The van der Waals surface area contributed by atoms with Gasteiger partial charge in [-0.05, 0) is 48.4 Å². The second-order valence-corrected chi connectivity index (χ2v) is 8.85. The maximum absolute atomic E-state index is 13.5. The maximum atomic E-state index is 13.5. The van der Waals surface area contributed by atoms with Gasteiger partial charge in [0.1, 0.15) is 5.75 Å². The van der Waals surface area contributed by atoms with E-state index in [-0.39, 0.29) is 12.5 Å². The molecule has 1 aliphatic rings. The fraction of sp³-hybridized carbons (Fsp3) is 0.385. The fourth-order valence-electron chi connectivity index (χ4n) is 3.74. The first-order valence-electron chi connectivity index (χ1n) is 11.3. The molecule has 0 aromatic heterocycles. The van der Waals surface area contributed by atoms with Crippen LogP contribution in [0.1, 0.15) is 36.5 Å². The van der Waals surface area contributed by atoms with Gasteiger partial charge >= 0.3 is 0 Å². The van der Waals surface area contributed by atoms with Gasteiger partial charge in [-0.25, -0.2) is 4.99 Å². The van der Waals surface area contributed by atoms with Crippen molar-refractivity contribution in [1.29, 1.82) is 0 Å². The first kappa shape index (κ1) is 25.9. The summed E-state index contributed by atoms with van der Waals surface area (Å²) in [7, 11) is 1.63. The number of hydrogen-bond acceptors (Lipinski definition) is 6. The minimum absolute atomic E-state index is 0.0824. The van der Waals surface area contributed by atoms with Crippen molar-refractivity contribution in [3.63, 3.8) is 0 Å². The molecule has 2 aromatic carbocycles. The first-order valence-corrected chi connectivity index (χ1v) is 12.1. The molecule has 3 rings (SSSR count). The molecule has 0 fully saturated rings. The number of aliphatic hydroxyl groups excluding tert-OH is 1. The van der Waals surface area contributed by atoms with Crippen molar-refractivity contribution in [3.8, 4) is 5.75 Å². The zero-order chi connectivity index (χ0) is 24.4. The molecule has 0 radical (unpaired) electrons. The summed E-state index contributed by atoms with van der Waals surface area (Å²) in [5, 5.41) is 11.9. The Bertz CT molecular complexity index is 978. The van der Waals surface area contributed by atoms with Crippen molar-refractivity contribution in [2.45, 2.75) is 30.9 Å². The standard InChI is InChI=1S/C26H31BrN2O5/c1-3-14-26(25(31)28-15-4-17-32-2)23(19-6-10-21(27)11-7-19)34-24(29-26)20-8-12-22(13-9-20)33-18-5-16-30/h3,6-13,23,30H,1,4-5,14-18H2,2H3,(H,28,31)/t23-,26-/m1/s1. The SMILES string of the molecule is C=CC[C@@]1(C(=O)NCCCOC)N=C(c2ccc(OCCCO)cc2)O[C@@H]1c1ccc(Br)cc1. The zero-order valence-corrected chi connectivity index (χ0v) is 20.9. The quantitative estimate of drug-likeness (QED) is 0.299. The van der Waals surface area contributed by atoms with E-state index in [4.69, 9.17) is 24.3 Å². The number of hydrogen-bond donors (Lipinski definition) is 2. The summed E-state index contributed by atoms with van der Waals surface area (Å²) in [6.45, 7) is 5.43. The van der Waals surface area contributed by atoms with Gasteiger partial charge in [-0.15, -0.1) is 6.58 Å². The highest BCUT2D eigenvalue weighted by molar-refractivity contribution is 9.10. The number of aliphatic imine (C=N–C) groups is 1. The Morgan fingerprint density at radius 3 is 2.59 bits per heavy atom. The molecule has 0 bridgehead atoms. The highest BCUT2D eigenvalue weighted by atomic mass is 79.9. The first-order chi connectivity index (χ1) is 16.5.